The smallest absolute Gasteiger partial charge is 0.330 e. The maximum atomic E-state index is 11.9. The van der Waals surface area contributed by atoms with Gasteiger partial charge in [0, 0.05) is 13.1 Å². The highest BCUT2D eigenvalue weighted by molar-refractivity contribution is 5.74. The Morgan fingerprint density at radius 1 is 1.50 bits per heavy atom. The number of nitrogens with two attached hydrogens (primary N) is 1. The van der Waals surface area contributed by atoms with E-state index in [1.807, 2.05) is 5.32 Å². The molecule has 3 N–H and O–H groups in total. The summed E-state index contributed by atoms with van der Waals surface area (Å²) in [6, 6.07) is -0.642. The van der Waals surface area contributed by atoms with Crippen LogP contribution in [0.3, 0.4) is 0 Å². The van der Waals surface area contributed by atoms with E-state index in [4.69, 9.17) is 5.73 Å². The Bertz CT molecular complexity index is 245. The highest BCUT2D eigenvalue weighted by Gasteiger charge is 2.31. The Kier molecular flexibility index (Phi) is 4.40. The van der Waals surface area contributed by atoms with Crippen molar-refractivity contribution >= 4 is 6.03 Å². The Labute approximate surface area is 92.0 Å². The highest BCUT2D eigenvalue weighted by Crippen LogP contribution is 2.19. The number of carbonyl (C=O) groups is 1. The number of alkyl halides is 3. The van der Waals surface area contributed by atoms with Crippen LogP contribution in [0.1, 0.15) is 12.8 Å². The van der Waals surface area contributed by atoms with E-state index < -0.39 is 18.8 Å². The van der Waals surface area contributed by atoms with Gasteiger partial charge in [-0.05, 0) is 25.3 Å². The van der Waals surface area contributed by atoms with Gasteiger partial charge >= 0.3 is 12.2 Å². The van der Waals surface area contributed by atoms with Gasteiger partial charge in [-0.1, -0.05) is 0 Å². The number of carbonyl (C=O) groups excluding carboxylic acids is 1. The Balaban J connectivity index is 2.28. The molecule has 1 heterocycles. The largest absolute Gasteiger partial charge is 0.405 e. The summed E-state index contributed by atoms with van der Waals surface area (Å²) in [5.74, 6) is 0.321. The first-order chi connectivity index (χ1) is 7.42. The van der Waals surface area contributed by atoms with Crippen LogP contribution in [0.2, 0.25) is 0 Å². The SMILES string of the molecule is NCCC1CCN(C(=O)NCC(F)(F)F)C1. The van der Waals surface area contributed by atoms with Gasteiger partial charge in [0.15, 0.2) is 0 Å². The molecule has 1 rings (SSSR count). The average Bonchev–Trinajstić information content (AvgIpc) is 2.62. The molecule has 1 saturated heterocycles. The summed E-state index contributed by atoms with van der Waals surface area (Å²) in [6.45, 7) is 0.280. The standard InChI is InChI=1S/C9H16F3N3O/c10-9(11,12)6-14-8(16)15-4-2-7(5-15)1-3-13/h7H,1-6,13H2,(H,14,16). The lowest BCUT2D eigenvalue weighted by Gasteiger charge is -2.18. The number of nitrogens with one attached hydrogen (secondary N) is 1. The Morgan fingerprint density at radius 2 is 2.19 bits per heavy atom. The zero-order valence-corrected chi connectivity index (χ0v) is 8.89. The van der Waals surface area contributed by atoms with E-state index in [1.54, 1.807) is 0 Å². The second-order valence-corrected chi connectivity index (χ2v) is 3.95. The molecule has 16 heavy (non-hydrogen) atoms. The van der Waals surface area contributed by atoms with Crippen molar-refractivity contribution in [3.63, 3.8) is 0 Å². The number of amides is 2. The van der Waals surface area contributed by atoms with Crippen LogP contribution < -0.4 is 11.1 Å². The first kappa shape index (κ1) is 13.1. The first-order valence-corrected chi connectivity index (χ1v) is 5.22. The summed E-state index contributed by atoms with van der Waals surface area (Å²) in [6.07, 6.45) is -2.73. The number of urea groups is 1. The van der Waals surface area contributed by atoms with Crippen LogP contribution >= 0.6 is 0 Å². The van der Waals surface area contributed by atoms with Gasteiger partial charge in [0.05, 0.1) is 0 Å². The Morgan fingerprint density at radius 3 is 2.75 bits per heavy atom. The molecule has 1 aliphatic rings. The van der Waals surface area contributed by atoms with Gasteiger partial charge in [-0.25, -0.2) is 4.79 Å². The number of likely N-dealkylation sites (tertiary alicyclic amines) is 1. The molecular formula is C9H16F3N3O. The molecule has 1 atom stereocenters. The van der Waals surface area contributed by atoms with Crippen molar-refractivity contribution in [3.05, 3.63) is 0 Å². The average molecular weight is 239 g/mol. The predicted molar refractivity (Wildman–Crippen MR) is 52.8 cm³/mol. The topological polar surface area (TPSA) is 58.4 Å². The lowest BCUT2D eigenvalue weighted by atomic mass is 10.1. The molecule has 0 bridgehead atoms. The maximum absolute atomic E-state index is 11.9. The molecule has 0 aromatic heterocycles. The lowest BCUT2D eigenvalue weighted by Crippen LogP contribution is -2.42. The molecule has 7 heteroatoms. The minimum atomic E-state index is -4.36. The summed E-state index contributed by atoms with van der Waals surface area (Å²) in [5, 5.41) is 1.86. The number of nitrogens with zero attached hydrogens (tertiary/aromatic N) is 1. The molecular weight excluding hydrogens is 223 g/mol. The van der Waals surface area contributed by atoms with Gasteiger partial charge in [-0.2, -0.15) is 13.2 Å². The second kappa shape index (κ2) is 5.38. The van der Waals surface area contributed by atoms with E-state index in [1.165, 1.54) is 4.90 Å². The van der Waals surface area contributed by atoms with Crippen LogP contribution in [0, 0.1) is 5.92 Å². The summed E-state index contributed by atoms with van der Waals surface area (Å²) >= 11 is 0. The van der Waals surface area contributed by atoms with Crippen molar-refractivity contribution < 1.29 is 18.0 Å². The van der Waals surface area contributed by atoms with Crippen LogP contribution in [0.15, 0.2) is 0 Å². The van der Waals surface area contributed by atoms with Gasteiger partial charge in [0.2, 0.25) is 0 Å². The molecule has 0 aromatic rings. The van der Waals surface area contributed by atoms with Crippen LogP contribution in [-0.2, 0) is 0 Å². The quantitative estimate of drug-likeness (QED) is 0.769. The summed E-state index contributed by atoms with van der Waals surface area (Å²) in [7, 11) is 0. The normalized spacial score (nSPS) is 21.2. The number of hydrogen-bond donors (Lipinski definition) is 2. The molecule has 94 valence electrons. The molecule has 0 aliphatic carbocycles. The van der Waals surface area contributed by atoms with E-state index in [-0.39, 0.29) is 0 Å². The summed E-state index contributed by atoms with van der Waals surface area (Å²) in [4.78, 5) is 12.7. The fraction of sp³-hybridized carbons (Fsp3) is 0.889. The molecule has 1 fully saturated rings. The van der Waals surface area contributed by atoms with Gasteiger partial charge < -0.3 is 16.0 Å². The van der Waals surface area contributed by atoms with E-state index in [2.05, 4.69) is 0 Å². The first-order valence-electron chi connectivity index (χ1n) is 5.22. The van der Waals surface area contributed by atoms with Crippen molar-refractivity contribution in [1.29, 1.82) is 0 Å². The zero-order chi connectivity index (χ0) is 12.2. The van der Waals surface area contributed by atoms with Crippen molar-refractivity contribution in [1.82, 2.24) is 10.2 Å². The van der Waals surface area contributed by atoms with Crippen molar-refractivity contribution in [2.45, 2.75) is 19.0 Å². The van der Waals surface area contributed by atoms with Gasteiger partial charge in [0.25, 0.3) is 0 Å². The van der Waals surface area contributed by atoms with Gasteiger partial charge in [-0.15, -0.1) is 0 Å². The second-order valence-electron chi connectivity index (χ2n) is 3.95. The highest BCUT2D eigenvalue weighted by atomic mass is 19.4. The van der Waals surface area contributed by atoms with Crippen molar-refractivity contribution in [3.8, 4) is 0 Å². The third kappa shape index (κ3) is 4.26. The van der Waals surface area contributed by atoms with Crippen LogP contribution in [0.4, 0.5) is 18.0 Å². The molecule has 4 nitrogen and oxygen atoms in total. The summed E-state index contributed by atoms with van der Waals surface area (Å²) < 4.78 is 35.6. The molecule has 0 aromatic carbocycles. The maximum Gasteiger partial charge on any atom is 0.405 e. The Hall–Kier alpha value is -0.980. The number of halogens is 3. The van der Waals surface area contributed by atoms with Crippen LogP contribution in [0.5, 0.6) is 0 Å². The van der Waals surface area contributed by atoms with Crippen molar-refractivity contribution in [2.75, 3.05) is 26.2 Å². The fourth-order valence-electron chi connectivity index (χ4n) is 1.78. The molecule has 0 radical (unpaired) electrons. The monoisotopic (exact) mass is 239 g/mol. The zero-order valence-electron chi connectivity index (χ0n) is 8.89. The minimum absolute atomic E-state index is 0.321. The van der Waals surface area contributed by atoms with E-state index in [0.29, 0.717) is 25.6 Å². The van der Waals surface area contributed by atoms with E-state index >= 15 is 0 Å². The van der Waals surface area contributed by atoms with Crippen molar-refractivity contribution in [2.24, 2.45) is 11.7 Å². The number of hydrogen-bond acceptors (Lipinski definition) is 2. The van der Waals surface area contributed by atoms with Crippen LogP contribution in [0.25, 0.3) is 0 Å². The third-order valence-electron chi connectivity index (χ3n) is 2.59. The van der Waals surface area contributed by atoms with Gasteiger partial charge in [-0.3, -0.25) is 0 Å². The fourth-order valence-corrected chi connectivity index (χ4v) is 1.78. The molecule has 0 spiro atoms. The summed E-state index contributed by atoms with van der Waals surface area (Å²) in [5.41, 5.74) is 5.38. The van der Waals surface area contributed by atoms with Crippen LogP contribution in [-0.4, -0.2) is 43.3 Å². The number of rotatable bonds is 3. The predicted octanol–water partition coefficient (Wildman–Crippen LogP) is 0.929. The third-order valence-corrected chi connectivity index (χ3v) is 2.59. The molecule has 2 amide bonds. The van der Waals surface area contributed by atoms with E-state index in [9.17, 15) is 18.0 Å². The van der Waals surface area contributed by atoms with Gasteiger partial charge in [0.1, 0.15) is 6.54 Å². The lowest BCUT2D eigenvalue weighted by molar-refractivity contribution is -0.123. The molecule has 0 saturated carbocycles. The minimum Gasteiger partial charge on any atom is -0.330 e. The molecule has 1 aliphatic heterocycles. The molecule has 1 unspecified atom stereocenters. The van der Waals surface area contributed by atoms with E-state index in [0.717, 1.165) is 12.8 Å².